The second kappa shape index (κ2) is 4.14. The molecule has 0 N–H and O–H groups in total. The third-order valence-electron chi connectivity index (χ3n) is 2.69. The second-order valence-electron chi connectivity index (χ2n) is 4.08. The summed E-state index contributed by atoms with van der Waals surface area (Å²) in [6.45, 7) is 1.93. The second-order valence-corrected chi connectivity index (χ2v) is 4.93. The molecule has 2 heterocycles. The topological polar surface area (TPSA) is 43.4 Å². The maximum Gasteiger partial charge on any atom is 0.193 e. The SMILES string of the molecule is Cc1cc(Br)c2oc(-c3ccco3)cc(=O)c2c1. The van der Waals surface area contributed by atoms with Crippen LogP contribution in [0.5, 0.6) is 0 Å². The fourth-order valence-corrected chi connectivity index (χ4v) is 2.55. The van der Waals surface area contributed by atoms with Crippen molar-refractivity contribution < 1.29 is 8.83 Å². The molecule has 0 aliphatic carbocycles. The van der Waals surface area contributed by atoms with E-state index in [1.807, 2.05) is 19.1 Å². The minimum absolute atomic E-state index is 0.0768. The molecule has 0 amide bonds. The van der Waals surface area contributed by atoms with Gasteiger partial charge < -0.3 is 8.83 Å². The van der Waals surface area contributed by atoms with Crippen molar-refractivity contribution in [3.8, 4) is 11.5 Å². The number of fused-ring (bicyclic) bond motifs is 1. The van der Waals surface area contributed by atoms with Gasteiger partial charge in [-0.25, -0.2) is 0 Å². The highest BCUT2D eigenvalue weighted by molar-refractivity contribution is 9.10. The minimum Gasteiger partial charge on any atom is -0.461 e. The Bertz CT molecular complexity index is 770. The van der Waals surface area contributed by atoms with Crippen LogP contribution in [0, 0.1) is 6.92 Å². The first-order valence-corrected chi connectivity index (χ1v) is 6.22. The van der Waals surface area contributed by atoms with Crippen LogP contribution in [0.15, 0.2) is 54.7 Å². The summed E-state index contributed by atoms with van der Waals surface area (Å²) in [5.41, 5.74) is 1.47. The van der Waals surface area contributed by atoms with Crippen LogP contribution in [0.1, 0.15) is 5.56 Å². The van der Waals surface area contributed by atoms with Gasteiger partial charge in [-0.3, -0.25) is 4.79 Å². The number of furan rings is 1. The van der Waals surface area contributed by atoms with Gasteiger partial charge >= 0.3 is 0 Å². The Morgan fingerprint density at radius 3 is 2.72 bits per heavy atom. The Labute approximate surface area is 111 Å². The van der Waals surface area contributed by atoms with E-state index in [1.54, 1.807) is 18.4 Å². The Morgan fingerprint density at radius 1 is 1.17 bits per heavy atom. The van der Waals surface area contributed by atoms with E-state index in [-0.39, 0.29) is 5.43 Å². The van der Waals surface area contributed by atoms with Crippen LogP contribution in [0.25, 0.3) is 22.5 Å². The summed E-state index contributed by atoms with van der Waals surface area (Å²) >= 11 is 3.42. The van der Waals surface area contributed by atoms with E-state index in [0.717, 1.165) is 10.0 Å². The number of halogens is 1. The first-order valence-electron chi connectivity index (χ1n) is 5.43. The predicted octanol–water partition coefficient (Wildman–Crippen LogP) is 4.12. The first-order chi connectivity index (χ1) is 8.65. The number of hydrogen-bond donors (Lipinski definition) is 0. The van der Waals surface area contributed by atoms with Gasteiger partial charge in [-0.05, 0) is 52.7 Å². The molecule has 0 saturated heterocycles. The van der Waals surface area contributed by atoms with Crippen LogP contribution >= 0.6 is 15.9 Å². The van der Waals surface area contributed by atoms with E-state index in [4.69, 9.17) is 8.83 Å². The maximum absolute atomic E-state index is 12.1. The molecule has 3 nitrogen and oxygen atoms in total. The molecule has 18 heavy (non-hydrogen) atoms. The molecule has 4 heteroatoms. The Kier molecular flexibility index (Phi) is 2.59. The fourth-order valence-electron chi connectivity index (χ4n) is 1.89. The lowest BCUT2D eigenvalue weighted by molar-refractivity contribution is 0.536. The monoisotopic (exact) mass is 304 g/mol. The highest BCUT2D eigenvalue weighted by Gasteiger charge is 2.11. The third kappa shape index (κ3) is 1.78. The zero-order chi connectivity index (χ0) is 12.7. The molecule has 0 radical (unpaired) electrons. The van der Waals surface area contributed by atoms with Crippen LogP contribution in [0.4, 0.5) is 0 Å². The summed E-state index contributed by atoms with van der Waals surface area (Å²) < 4.78 is 11.7. The van der Waals surface area contributed by atoms with Crippen molar-refractivity contribution in [1.82, 2.24) is 0 Å². The highest BCUT2D eigenvalue weighted by atomic mass is 79.9. The molecule has 2 aromatic heterocycles. The van der Waals surface area contributed by atoms with Crippen molar-refractivity contribution in [2.45, 2.75) is 6.92 Å². The van der Waals surface area contributed by atoms with Crippen LogP contribution < -0.4 is 5.43 Å². The lowest BCUT2D eigenvalue weighted by Crippen LogP contribution is -2.00. The van der Waals surface area contributed by atoms with Crippen molar-refractivity contribution in [3.05, 3.63) is 56.9 Å². The summed E-state index contributed by atoms with van der Waals surface area (Å²) in [5, 5.41) is 0.567. The Balaban J connectivity index is 2.38. The highest BCUT2D eigenvalue weighted by Crippen LogP contribution is 2.28. The molecule has 0 aliphatic heterocycles. The first kappa shape index (κ1) is 11.3. The number of aryl methyl sites for hydroxylation is 1. The smallest absolute Gasteiger partial charge is 0.193 e. The average molecular weight is 305 g/mol. The standard InChI is InChI=1S/C14H9BrO3/c1-8-5-9-11(16)7-13(12-3-2-4-17-12)18-14(9)10(15)6-8/h2-7H,1H3. The zero-order valence-electron chi connectivity index (χ0n) is 9.57. The van der Waals surface area contributed by atoms with E-state index in [9.17, 15) is 4.79 Å². The van der Waals surface area contributed by atoms with Gasteiger partial charge in [-0.2, -0.15) is 0 Å². The van der Waals surface area contributed by atoms with Crippen LogP contribution in [0.3, 0.4) is 0 Å². The minimum atomic E-state index is -0.0768. The summed E-state index contributed by atoms with van der Waals surface area (Å²) in [5.74, 6) is 0.975. The molecule has 0 spiro atoms. The predicted molar refractivity (Wildman–Crippen MR) is 72.6 cm³/mol. The molecule has 0 unspecified atom stereocenters. The van der Waals surface area contributed by atoms with Gasteiger partial charge in [-0.15, -0.1) is 0 Å². The molecule has 0 saturated carbocycles. The largest absolute Gasteiger partial charge is 0.461 e. The molecule has 0 bridgehead atoms. The molecule has 90 valence electrons. The lowest BCUT2D eigenvalue weighted by Gasteiger charge is -2.03. The molecule has 0 aliphatic rings. The number of hydrogen-bond acceptors (Lipinski definition) is 3. The van der Waals surface area contributed by atoms with Crippen molar-refractivity contribution in [3.63, 3.8) is 0 Å². The summed E-state index contributed by atoms with van der Waals surface area (Å²) in [6.07, 6.45) is 1.55. The molecule has 3 rings (SSSR count). The Morgan fingerprint density at radius 2 is 2.00 bits per heavy atom. The normalized spacial score (nSPS) is 11.0. The van der Waals surface area contributed by atoms with Gasteiger partial charge in [0.25, 0.3) is 0 Å². The maximum atomic E-state index is 12.1. The quantitative estimate of drug-likeness (QED) is 0.679. The van der Waals surface area contributed by atoms with E-state index in [0.29, 0.717) is 22.5 Å². The van der Waals surface area contributed by atoms with Crippen molar-refractivity contribution in [2.24, 2.45) is 0 Å². The molecular weight excluding hydrogens is 296 g/mol. The van der Waals surface area contributed by atoms with Crippen LogP contribution in [-0.4, -0.2) is 0 Å². The van der Waals surface area contributed by atoms with Gasteiger partial charge in [0.15, 0.2) is 22.5 Å². The van der Waals surface area contributed by atoms with Gasteiger partial charge in [0.2, 0.25) is 0 Å². The van der Waals surface area contributed by atoms with Gasteiger partial charge in [0.1, 0.15) is 0 Å². The van der Waals surface area contributed by atoms with Crippen molar-refractivity contribution >= 4 is 26.9 Å². The van der Waals surface area contributed by atoms with Gasteiger partial charge in [-0.1, -0.05) is 0 Å². The summed E-state index contributed by atoms with van der Waals surface area (Å²) in [6, 6.07) is 8.69. The van der Waals surface area contributed by atoms with E-state index >= 15 is 0 Å². The number of benzene rings is 1. The van der Waals surface area contributed by atoms with Gasteiger partial charge in [0, 0.05) is 6.07 Å². The summed E-state index contributed by atoms with van der Waals surface area (Å²) in [4.78, 5) is 12.1. The van der Waals surface area contributed by atoms with Crippen LogP contribution in [0.2, 0.25) is 0 Å². The summed E-state index contributed by atoms with van der Waals surface area (Å²) in [7, 11) is 0. The van der Waals surface area contributed by atoms with Crippen LogP contribution in [-0.2, 0) is 0 Å². The molecule has 0 atom stereocenters. The van der Waals surface area contributed by atoms with E-state index in [2.05, 4.69) is 15.9 Å². The van der Waals surface area contributed by atoms with E-state index < -0.39 is 0 Å². The fraction of sp³-hybridized carbons (Fsp3) is 0.0714. The number of rotatable bonds is 1. The third-order valence-corrected chi connectivity index (χ3v) is 3.28. The average Bonchev–Trinajstić information content (AvgIpc) is 2.83. The molecule has 0 fully saturated rings. The molecule has 1 aromatic carbocycles. The zero-order valence-corrected chi connectivity index (χ0v) is 11.2. The lowest BCUT2D eigenvalue weighted by atomic mass is 10.1. The van der Waals surface area contributed by atoms with Crippen molar-refractivity contribution in [1.29, 1.82) is 0 Å². The molecule has 3 aromatic rings. The van der Waals surface area contributed by atoms with E-state index in [1.165, 1.54) is 6.07 Å². The van der Waals surface area contributed by atoms with Gasteiger partial charge in [0.05, 0.1) is 16.1 Å². The Hall–Kier alpha value is -1.81. The van der Waals surface area contributed by atoms with Crippen molar-refractivity contribution in [2.75, 3.05) is 0 Å². The molecular formula is C14H9BrO3.